The zero-order valence-electron chi connectivity index (χ0n) is 15.8. The minimum Gasteiger partial charge on any atom is -0.325 e. The highest BCUT2D eigenvalue weighted by Gasteiger charge is 2.26. The number of nitrogens with one attached hydrogen (secondary N) is 2. The van der Waals surface area contributed by atoms with Crippen molar-refractivity contribution in [2.45, 2.75) is 24.3 Å². The van der Waals surface area contributed by atoms with Crippen LogP contribution in [0.15, 0.2) is 88.2 Å². The summed E-state index contributed by atoms with van der Waals surface area (Å²) >= 11 is 3.37. The van der Waals surface area contributed by atoms with E-state index in [-0.39, 0.29) is 11.3 Å². The zero-order chi connectivity index (χ0) is 20.9. The minimum absolute atomic E-state index is 0.122. The molecule has 2 N–H and O–H groups in total. The first kappa shape index (κ1) is 21.2. The largest absolute Gasteiger partial charge is 0.325 e. The van der Waals surface area contributed by atoms with Crippen LogP contribution < -0.4 is 10.0 Å². The summed E-state index contributed by atoms with van der Waals surface area (Å²) in [5.41, 5.74) is 2.39. The number of anilines is 1. The van der Waals surface area contributed by atoms with Crippen molar-refractivity contribution < 1.29 is 13.2 Å². The van der Waals surface area contributed by atoms with Gasteiger partial charge in [0.2, 0.25) is 15.9 Å². The molecule has 29 heavy (non-hydrogen) atoms. The van der Waals surface area contributed by atoms with Crippen LogP contribution >= 0.6 is 15.9 Å². The maximum atomic E-state index is 12.9. The van der Waals surface area contributed by atoms with E-state index in [9.17, 15) is 13.2 Å². The molecule has 3 aromatic rings. The minimum atomic E-state index is -3.86. The summed E-state index contributed by atoms with van der Waals surface area (Å²) in [5.74, 6) is -0.428. The second-order valence-corrected chi connectivity index (χ2v) is 9.31. The van der Waals surface area contributed by atoms with Crippen LogP contribution in [0.1, 0.15) is 11.1 Å². The Morgan fingerprint density at radius 3 is 2.31 bits per heavy atom. The SMILES string of the molecule is Cc1ccc(S(=O)(=O)N[C@H](Cc2ccccc2)C(=O)Nc2cccc(Br)c2)cc1. The third kappa shape index (κ3) is 6.00. The van der Waals surface area contributed by atoms with Gasteiger partial charge in [0, 0.05) is 10.2 Å². The summed E-state index contributed by atoms with van der Waals surface area (Å²) in [7, 11) is -3.86. The van der Waals surface area contributed by atoms with Crippen LogP contribution in [0, 0.1) is 6.92 Å². The van der Waals surface area contributed by atoms with Crippen LogP contribution in [0.2, 0.25) is 0 Å². The van der Waals surface area contributed by atoms with E-state index in [0.717, 1.165) is 15.6 Å². The first-order valence-corrected chi connectivity index (χ1v) is 11.3. The topological polar surface area (TPSA) is 75.3 Å². The second kappa shape index (κ2) is 9.35. The molecule has 1 amide bonds. The highest BCUT2D eigenvalue weighted by atomic mass is 79.9. The van der Waals surface area contributed by atoms with Crippen LogP contribution in [-0.2, 0) is 21.2 Å². The van der Waals surface area contributed by atoms with E-state index >= 15 is 0 Å². The maximum absolute atomic E-state index is 12.9. The first-order chi connectivity index (χ1) is 13.8. The van der Waals surface area contributed by atoms with Crippen molar-refractivity contribution in [1.82, 2.24) is 4.72 Å². The number of sulfonamides is 1. The van der Waals surface area contributed by atoms with Crippen molar-refractivity contribution in [3.63, 3.8) is 0 Å². The van der Waals surface area contributed by atoms with E-state index in [2.05, 4.69) is 26.0 Å². The van der Waals surface area contributed by atoms with Gasteiger partial charge in [0.15, 0.2) is 0 Å². The van der Waals surface area contributed by atoms with Crippen LogP contribution in [0.25, 0.3) is 0 Å². The fourth-order valence-corrected chi connectivity index (χ4v) is 4.40. The predicted molar refractivity (Wildman–Crippen MR) is 118 cm³/mol. The van der Waals surface area contributed by atoms with Gasteiger partial charge in [0.25, 0.3) is 0 Å². The average Bonchev–Trinajstić information content (AvgIpc) is 2.68. The number of carbonyl (C=O) groups is 1. The van der Waals surface area contributed by atoms with Gasteiger partial charge in [-0.2, -0.15) is 4.72 Å². The van der Waals surface area contributed by atoms with E-state index < -0.39 is 22.0 Å². The molecule has 0 heterocycles. The lowest BCUT2D eigenvalue weighted by Gasteiger charge is -2.19. The molecule has 0 aliphatic carbocycles. The number of hydrogen-bond donors (Lipinski definition) is 2. The number of benzene rings is 3. The van der Waals surface area contributed by atoms with Gasteiger partial charge >= 0.3 is 0 Å². The van der Waals surface area contributed by atoms with Gasteiger partial charge in [-0.3, -0.25) is 4.79 Å². The molecule has 0 aliphatic rings. The Labute approximate surface area is 179 Å². The van der Waals surface area contributed by atoms with E-state index in [0.29, 0.717) is 5.69 Å². The summed E-state index contributed by atoms with van der Waals surface area (Å²) in [6.07, 6.45) is 0.228. The molecular formula is C22H21BrN2O3S. The number of carbonyl (C=O) groups excluding carboxylic acids is 1. The number of hydrogen-bond acceptors (Lipinski definition) is 3. The standard InChI is InChI=1S/C22H21BrN2O3S/c1-16-10-12-20(13-11-16)29(27,28)25-21(14-17-6-3-2-4-7-17)22(26)24-19-9-5-8-18(23)15-19/h2-13,15,21,25H,14H2,1H3,(H,24,26)/t21-/m1/s1. The summed E-state index contributed by atoms with van der Waals surface area (Å²) in [6, 6.07) is 22.0. The number of rotatable bonds is 7. The van der Waals surface area contributed by atoms with Crippen molar-refractivity contribution >= 4 is 37.5 Å². The normalized spacial score (nSPS) is 12.3. The zero-order valence-corrected chi connectivity index (χ0v) is 18.2. The Morgan fingerprint density at radius 2 is 1.66 bits per heavy atom. The van der Waals surface area contributed by atoms with E-state index in [1.807, 2.05) is 43.3 Å². The van der Waals surface area contributed by atoms with Crippen molar-refractivity contribution in [3.8, 4) is 0 Å². The van der Waals surface area contributed by atoms with Crippen molar-refractivity contribution in [2.24, 2.45) is 0 Å². The Balaban J connectivity index is 1.85. The lowest BCUT2D eigenvalue weighted by molar-refractivity contribution is -0.117. The quantitative estimate of drug-likeness (QED) is 0.538. The molecule has 0 fully saturated rings. The Bertz CT molecular complexity index is 1080. The van der Waals surface area contributed by atoms with E-state index in [1.54, 1.807) is 30.3 Å². The molecule has 0 saturated heterocycles. The fourth-order valence-electron chi connectivity index (χ4n) is 2.81. The summed E-state index contributed by atoms with van der Waals surface area (Å²) < 4.78 is 29.1. The Kier molecular flexibility index (Phi) is 6.84. The van der Waals surface area contributed by atoms with Crippen molar-refractivity contribution in [1.29, 1.82) is 0 Å². The summed E-state index contributed by atoms with van der Waals surface area (Å²) in [6.45, 7) is 1.88. The third-order valence-corrected chi connectivity index (χ3v) is 6.30. The summed E-state index contributed by atoms with van der Waals surface area (Å²) in [5, 5.41) is 2.79. The average molecular weight is 473 g/mol. The molecule has 0 saturated carbocycles. The van der Waals surface area contributed by atoms with Crippen molar-refractivity contribution in [2.75, 3.05) is 5.32 Å². The fraction of sp³-hybridized carbons (Fsp3) is 0.136. The van der Waals surface area contributed by atoms with Crippen LogP contribution in [0.5, 0.6) is 0 Å². The Morgan fingerprint density at radius 1 is 0.966 bits per heavy atom. The smallest absolute Gasteiger partial charge is 0.242 e. The second-order valence-electron chi connectivity index (χ2n) is 6.68. The number of aryl methyl sites for hydroxylation is 1. The molecule has 1 atom stereocenters. The lowest BCUT2D eigenvalue weighted by atomic mass is 10.1. The van der Waals surface area contributed by atoms with Crippen LogP contribution in [0.3, 0.4) is 0 Å². The van der Waals surface area contributed by atoms with Gasteiger partial charge in [-0.1, -0.05) is 70.0 Å². The molecular weight excluding hydrogens is 452 g/mol. The molecule has 3 aromatic carbocycles. The monoisotopic (exact) mass is 472 g/mol. The molecule has 0 aromatic heterocycles. The first-order valence-electron chi connectivity index (χ1n) is 9.03. The molecule has 0 bridgehead atoms. The number of amides is 1. The number of halogens is 1. The summed E-state index contributed by atoms with van der Waals surface area (Å²) in [4.78, 5) is 13.1. The van der Waals surface area contributed by atoms with Gasteiger partial charge in [0.1, 0.15) is 6.04 Å². The lowest BCUT2D eigenvalue weighted by Crippen LogP contribution is -2.45. The van der Waals surface area contributed by atoms with Gasteiger partial charge < -0.3 is 5.32 Å². The molecule has 7 heteroatoms. The van der Waals surface area contributed by atoms with Gasteiger partial charge in [-0.05, 0) is 49.2 Å². The predicted octanol–water partition coefficient (Wildman–Crippen LogP) is 4.29. The van der Waals surface area contributed by atoms with Crippen LogP contribution in [0.4, 0.5) is 5.69 Å². The molecule has 150 valence electrons. The maximum Gasteiger partial charge on any atom is 0.242 e. The molecule has 0 radical (unpaired) electrons. The van der Waals surface area contributed by atoms with Gasteiger partial charge in [-0.25, -0.2) is 8.42 Å². The molecule has 0 spiro atoms. The highest BCUT2D eigenvalue weighted by molar-refractivity contribution is 9.10. The van der Waals surface area contributed by atoms with Crippen LogP contribution in [-0.4, -0.2) is 20.4 Å². The van der Waals surface area contributed by atoms with Gasteiger partial charge in [0.05, 0.1) is 4.90 Å². The molecule has 0 aliphatic heterocycles. The molecule has 5 nitrogen and oxygen atoms in total. The third-order valence-electron chi connectivity index (χ3n) is 4.32. The van der Waals surface area contributed by atoms with E-state index in [1.165, 1.54) is 12.1 Å². The van der Waals surface area contributed by atoms with Gasteiger partial charge in [-0.15, -0.1) is 0 Å². The highest BCUT2D eigenvalue weighted by Crippen LogP contribution is 2.17. The Hall–Kier alpha value is -2.48. The van der Waals surface area contributed by atoms with Crippen molar-refractivity contribution in [3.05, 3.63) is 94.5 Å². The molecule has 0 unspecified atom stereocenters. The molecule has 3 rings (SSSR count). The van der Waals surface area contributed by atoms with E-state index in [4.69, 9.17) is 0 Å².